The monoisotopic (exact) mass is 292 g/mol. The van der Waals surface area contributed by atoms with Crippen LogP contribution in [0.25, 0.3) is 10.6 Å². The molecule has 0 spiro atoms. The molecule has 0 radical (unpaired) electrons. The first-order valence-electron chi connectivity index (χ1n) is 6.00. The molecule has 0 aliphatic rings. The summed E-state index contributed by atoms with van der Waals surface area (Å²) < 4.78 is 0. The van der Waals surface area contributed by atoms with Crippen molar-refractivity contribution in [3.8, 4) is 10.6 Å². The Kier molecular flexibility index (Phi) is 4.61. The van der Waals surface area contributed by atoms with Crippen molar-refractivity contribution in [3.05, 3.63) is 40.9 Å². The largest absolute Gasteiger partial charge is 0.369 e. The molecule has 0 saturated heterocycles. The minimum atomic E-state index is -0.268. The second-order valence-electron chi connectivity index (χ2n) is 4.25. The van der Waals surface area contributed by atoms with E-state index in [2.05, 4.69) is 17.1 Å². The van der Waals surface area contributed by atoms with E-state index in [9.17, 15) is 4.79 Å². The third-order valence-electron chi connectivity index (χ3n) is 2.78. The number of carbonyl (C=O) groups excluding carboxylic acids is 1. The number of thioether (sulfide) groups is 1. The zero-order valence-corrected chi connectivity index (χ0v) is 12.6. The van der Waals surface area contributed by atoms with Gasteiger partial charge in [0.1, 0.15) is 5.01 Å². The maximum atomic E-state index is 11.0. The lowest BCUT2D eigenvalue weighted by Crippen LogP contribution is -2.22. The number of primary amides is 1. The van der Waals surface area contributed by atoms with E-state index in [1.54, 1.807) is 23.1 Å². The summed E-state index contributed by atoms with van der Waals surface area (Å²) in [6.07, 6.45) is 0. The normalized spacial score (nSPS) is 12.3. The van der Waals surface area contributed by atoms with Crippen LogP contribution >= 0.6 is 23.1 Å². The van der Waals surface area contributed by atoms with Crippen LogP contribution in [-0.2, 0) is 10.5 Å². The predicted molar refractivity (Wildman–Crippen MR) is 82.2 cm³/mol. The Labute approximate surface area is 121 Å². The van der Waals surface area contributed by atoms with Gasteiger partial charge in [-0.25, -0.2) is 4.98 Å². The molecule has 0 unspecified atom stereocenters. The summed E-state index contributed by atoms with van der Waals surface area (Å²) in [5.74, 6) is 0.510. The summed E-state index contributed by atoms with van der Waals surface area (Å²) in [5, 5.41) is 0.863. The highest BCUT2D eigenvalue weighted by Crippen LogP contribution is 2.31. The van der Waals surface area contributed by atoms with Gasteiger partial charge >= 0.3 is 0 Å². The number of carbonyl (C=O) groups is 1. The number of benzene rings is 1. The second-order valence-corrected chi connectivity index (χ2v) is 6.66. The zero-order valence-electron chi connectivity index (χ0n) is 10.9. The number of nitrogens with two attached hydrogens (primary N) is 1. The van der Waals surface area contributed by atoms with Crippen molar-refractivity contribution >= 4 is 29.0 Å². The topological polar surface area (TPSA) is 56.0 Å². The van der Waals surface area contributed by atoms with Crippen molar-refractivity contribution in [2.45, 2.75) is 24.9 Å². The molecule has 2 N–H and O–H groups in total. The molecule has 1 amide bonds. The first-order valence-corrected chi connectivity index (χ1v) is 7.87. The Hall–Kier alpha value is -1.33. The van der Waals surface area contributed by atoms with Crippen molar-refractivity contribution in [3.63, 3.8) is 0 Å². The number of hydrogen-bond donors (Lipinski definition) is 1. The summed E-state index contributed by atoms with van der Waals surface area (Å²) >= 11 is 3.24. The molecule has 2 rings (SSSR count). The van der Waals surface area contributed by atoms with Gasteiger partial charge < -0.3 is 5.73 Å². The first-order chi connectivity index (χ1) is 9.08. The molecule has 2 aromatic rings. The van der Waals surface area contributed by atoms with Crippen LogP contribution in [0.4, 0.5) is 0 Å². The van der Waals surface area contributed by atoms with Gasteiger partial charge in [0.25, 0.3) is 0 Å². The van der Waals surface area contributed by atoms with Crippen molar-refractivity contribution in [2.24, 2.45) is 5.73 Å². The molecule has 0 fully saturated rings. The fourth-order valence-corrected chi connectivity index (χ4v) is 3.63. The van der Waals surface area contributed by atoms with E-state index < -0.39 is 0 Å². The van der Waals surface area contributed by atoms with Crippen molar-refractivity contribution in [2.75, 3.05) is 0 Å². The molecule has 1 atom stereocenters. The van der Waals surface area contributed by atoms with Crippen molar-refractivity contribution in [1.29, 1.82) is 0 Å². The van der Waals surface area contributed by atoms with Crippen LogP contribution in [0.5, 0.6) is 0 Å². The van der Waals surface area contributed by atoms with Gasteiger partial charge in [-0.05, 0) is 13.8 Å². The van der Waals surface area contributed by atoms with E-state index in [0.717, 1.165) is 22.0 Å². The lowest BCUT2D eigenvalue weighted by molar-refractivity contribution is -0.117. The quantitative estimate of drug-likeness (QED) is 0.920. The van der Waals surface area contributed by atoms with Crippen LogP contribution in [0.3, 0.4) is 0 Å². The SMILES string of the molecule is Cc1nc(-c2ccccc2)sc1CS[C@H](C)C(N)=O. The summed E-state index contributed by atoms with van der Waals surface area (Å²) in [4.78, 5) is 16.8. The molecular formula is C14H16N2OS2. The third-order valence-corrected chi connectivity index (χ3v) is 5.36. The van der Waals surface area contributed by atoms with Crippen LogP contribution < -0.4 is 5.73 Å². The molecule has 0 aliphatic heterocycles. The summed E-state index contributed by atoms with van der Waals surface area (Å²) in [7, 11) is 0. The molecule has 0 aliphatic carbocycles. The third kappa shape index (κ3) is 3.58. The Morgan fingerprint density at radius 3 is 2.74 bits per heavy atom. The standard InChI is InChI=1S/C14H16N2OS2/c1-9-12(8-18-10(2)13(15)17)19-14(16-9)11-6-4-3-5-7-11/h3-7,10H,8H2,1-2H3,(H2,15,17)/t10-/m1/s1. The van der Waals surface area contributed by atoms with Gasteiger partial charge in [-0.15, -0.1) is 23.1 Å². The number of aryl methyl sites for hydroxylation is 1. The first kappa shape index (κ1) is 14.1. The number of aromatic nitrogens is 1. The Bertz CT molecular complexity index is 566. The van der Waals surface area contributed by atoms with Gasteiger partial charge in [-0.2, -0.15) is 0 Å². The molecule has 1 aromatic carbocycles. The lowest BCUT2D eigenvalue weighted by Gasteiger charge is -2.05. The highest BCUT2D eigenvalue weighted by molar-refractivity contribution is 7.99. The van der Waals surface area contributed by atoms with E-state index in [1.807, 2.05) is 32.0 Å². The molecule has 5 heteroatoms. The molecule has 0 saturated carbocycles. The fraction of sp³-hybridized carbons (Fsp3) is 0.286. The molecular weight excluding hydrogens is 276 g/mol. The number of rotatable bonds is 5. The van der Waals surface area contributed by atoms with Gasteiger partial charge in [-0.3, -0.25) is 4.79 Å². The molecule has 100 valence electrons. The molecule has 3 nitrogen and oxygen atoms in total. The average molecular weight is 292 g/mol. The molecule has 1 aromatic heterocycles. The van der Waals surface area contributed by atoms with Crippen molar-refractivity contribution in [1.82, 2.24) is 4.98 Å². The number of thiazole rings is 1. The molecule has 19 heavy (non-hydrogen) atoms. The van der Waals surface area contributed by atoms with E-state index in [1.165, 1.54) is 4.88 Å². The minimum absolute atomic E-state index is 0.165. The van der Waals surface area contributed by atoms with Crippen LogP contribution in [0.15, 0.2) is 30.3 Å². The number of nitrogens with zero attached hydrogens (tertiary/aromatic N) is 1. The van der Waals surface area contributed by atoms with E-state index in [4.69, 9.17) is 5.73 Å². The smallest absolute Gasteiger partial charge is 0.230 e. The van der Waals surface area contributed by atoms with E-state index in [0.29, 0.717) is 0 Å². The summed E-state index contributed by atoms with van der Waals surface area (Å²) in [6.45, 7) is 3.84. The number of hydrogen-bond acceptors (Lipinski definition) is 4. The average Bonchev–Trinajstić information content (AvgIpc) is 2.78. The Morgan fingerprint density at radius 1 is 1.42 bits per heavy atom. The zero-order chi connectivity index (χ0) is 13.8. The molecule has 1 heterocycles. The predicted octanol–water partition coefficient (Wildman–Crippen LogP) is 3.23. The fourth-order valence-electron chi connectivity index (χ4n) is 1.55. The number of amides is 1. The van der Waals surface area contributed by atoms with Gasteiger partial charge in [0.05, 0.1) is 10.9 Å². The van der Waals surface area contributed by atoms with Crippen LogP contribution in [0, 0.1) is 6.92 Å². The van der Waals surface area contributed by atoms with Gasteiger partial charge in [0.2, 0.25) is 5.91 Å². The maximum Gasteiger partial charge on any atom is 0.230 e. The van der Waals surface area contributed by atoms with Crippen LogP contribution in [-0.4, -0.2) is 16.1 Å². The summed E-state index contributed by atoms with van der Waals surface area (Å²) in [5.41, 5.74) is 7.43. The minimum Gasteiger partial charge on any atom is -0.369 e. The Morgan fingerprint density at radius 2 is 2.11 bits per heavy atom. The van der Waals surface area contributed by atoms with Gasteiger partial charge in [0.15, 0.2) is 0 Å². The van der Waals surface area contributed by atoms with Gasteiger partial charge in [-0.1, -0.05) is 30.3 Å². The molecule has 0 bridgehead atoms. The van der Waals surface area contributed by atoms with E-state index >= 15 is 0 Å². The highest BCUT2D eigenvalue weighted by atomic mass is 32.2. The maximum absolute atomic E-state index is 11.0. The lowest BCUT2D eigenvalue weighted by atomic mass is 10.2. The van der Waals surface area contributed by atoms with Crippen LogP contribution in [0.2, 0.25) is 0 Å². The Balaban J connectivity index is 2.11. The highest BCUT2D eigenvalue weighted by Gasteiger charge is 2.13. The van der Waals surface area contributed by atoms with E-state index in [-0.39, 0.29) is 11.2 Å². The summed E-state index contributed by atoms with van der Waals surface area (Å²) in [6, 6.07) is 10.1. The van der Waals surface area contributed by atoms with Gasteiger partial charge in [0, 0.05) is 16.2 Å². The second kappa shape index (κ2) is 6.21. The van der Waals surface area contributed by atoms with Crippen molar-refractivity contribution < 1.29 is 4.79 Å². The van der Waals surface area contributed by atoms with Crippen LogP contribution in [0.1, 0.15) is 17.5 Å².